The van der Waals surface area contributed by atoms with Gasteiger partial charge in [0.05, 0.1) is 11.4 Å². The van der Waals surface area contributed by atoms with Crippen LogP contribution in [0, 0.1) is 0 Å². The second-order valence-corrected chi connectivity index (χ2v) is 5.33. The molecule has 1 aromatic carbocycles. The molecule has 4 heteroatoms. The van der Waals surface area contributed by atoms with E-state index in [1.165, 1.54) is 0 Å². The molecular weight excluding hydrogens is 262 g/mol. The van der Waals surface area contributed by atoms with Crippen molar-refractivity contribution < 1.29 is 4.79 Å². The van der Waals surface area contributed by atoms with Gasteiger partial charge in [0.25, 0.3) is 0 Å². The van der Waals surface area contributed by atoms with Gasteiger partial charge in [-0.15, -0.1) is 0 Å². The highest BCUT2D eigenvalue weighted by atomic mass is 16.1. The van der Waals surface area contributed by atoms with E-state index in [1.54, 1.807) is 0 Å². The average Bonchev–Trinajstić information content (AvgIpc) is 2.45. The Balaban J connectivity index is 2.72. The minimum absolute atomic E-state index is 0.0961. The molecule has 0 aromatic heterocycles. The van der Waals surface area contributed by atoms with Crippen LogP contribution in [0.1, 0.15) is 45.6 Å². The fraction of sp³-hybridized carbons (Fsp3) is 0.588. The monoisotopic (exact) mass is 291 g/mol. The van der Waals surface area contributed by atoms with Crippen molar-refractivity contribution in [1.29, 1.82) is 0 Å². The van der Waals surface area contributed by atoms with Crippen LogP contribution in [0.2, 0.25) is 0 Å². The number of nitrogens with zero attached hydrogens (tertiary/aromatic N) is 1. The van der Waals surface area contributed by atoms with E-state index in [0.29, 0.717) is 13.0 Å². The standard InChI is InChI=1S/C17H29N3O/c1-4-11-20(12-5-2)16-9-7-14(13-15(16)18)8-10-17(21)19-6-3/h7,9,13H,4-6,8,10-12,18H2,1-3H3,(H,19,21). The molecule has 0 saturated heterocycles. The normalized spacial score (nSPS) is 10.4. The maximum Gasteiger partial charge on any atom is 0.220 e. The molecule has 1 rings (SSSR count). The largest absolute Gasteiger partial charge is 0.397 e. The number of hydrogen-bond donors (Lipinski definition) is 2. The number of amides is 1. The van der Waals surface area contributed by atoms with Crippen LogP contribution < -0.4 is 16.0 Å². The number of nitrogen functional groups attached to an aromatic ring is 1. The first-order valence-electron chi connectivity index (χ1n) is 8.02. The first-order chi connectivity index (χ1) is 10.1. The van der Waals surface area contributed by atoms with Crippen LogP contribution in [0.3, 0.4) is 0 Å². The lowest BCUT2D eigenvalue weighted by Gasteiger charge is -2.25. The SMILES string of the molecule is CCCN(CCC)c1ccc(CCC(=O)NCC)cc1N. The van der Waals surface area contributed by atoms with Gasteiger partial charge < -0.3 is 16.0 Å². The summed E-state index contributed by atoms with van der Waals surface area (Å²) in [5.41, 5.74) is 9.25. The van der Waals surface area contributed by atoms with Crippen LogP contribution in [-0.2, 0) is 11.2 Å². The predicted octanol–water partition coefficient (Wildman–Crippen LogP) is 2.96. The maximum atomic E-state index is 11.5. The summed E-state index contributed by atoms with van der Waals surface area (Å²) in [5, 5.41) is 2.82. The lowest BCUT2D eigenvalue weighted by molar-refractivity contribution is -0.120. The van der Waals surface area contributed by atoms with Crippen LogP contribution in [0.5, 0.6) is 0 Å². The summed E-state index contributed by atoms with van der Waals surface area (Å²) in [5.74, 6) is 0.0961. The highest BCUT2D eigenvalue weighted by molar-refractivity contribution is 5.76. The number of anilines is 2. The van der Waals surface area contributed by atoms with Crippen molar-refractivity contribution in [3.63, 3.8) is 0 Å². The van der Waals surface area contributed by atoms with E-state index in [0.717, 1.165) is 49.3 Å². The quantitative estimate of drug-likeness (QED) is 0.688. The summed E-state index contributed by atoms with van der Waals surface area (Å²) in [7, 11) is 0. The number of nitrogens with two attached hydrogens (primary N) is 1. The minimum atomic E-state index is 0.0961. The average molecular weight is 291 g/mol. The van der Waals surface area contributed by atoms with Gasteiger partial charge >= 0.3 is 0 Å². The van der Waals surface area contributed by atoms with Crippen molar-refractivity contribution in [2.75, 3.05) is 30.3 Å². The Morgan fingerprint density at radius 1 is 1.19 bits per heavy atom. The van der Waals surface area contributed by atoms with E-state index in [4.69, 9.17) is 5.73 Å². The number of hydrogen-bond acceptors (Lipinski definition) is 3. The summed E-state index contributed by atoms with van der Waals surface area (Å²) in [6.07, 6.45) is 3.47. The molecule has 0 aliphatic carbocycles. The minimum Gasteiger partial charge on any atom is -0.397 e. The summed E-state index contributed by atoms with van der Waals surface area (Å²) in [6.45, 7) is 9.02. The van der Waals surface area contributed by atoms with Gasteiger partial charge in [0.15, 0.2) is 0 Å². The summed E-state index contributed by atoms with van der Waals surface area (Å²) >= 11 is 0. The van der Waals surface area contributed by atoms with Gasteiger partial charge in [0.2, 0.25) is 5.91 Å². The maximum absolute atomic E-state index is 11.5. The zero-order valence-corrected chi connectivity index (χ0v) is 13.6. The third kappa shape index (κ3) is 5.66. The Bertz CT molecular complexity index is 440. The van der Waals surface area contributed by atoms with Gasteiger partial charge in [-0.25, -0.2) is 0 Å². The van der Waals surface area contributed by atoms with Crippen molar-refractivity contribution in [2.24, 2.45) is 0 Å². The number of nitrogens with one attached hydrogen (secondary N) is 1. The van der Waals surface area contributed by atoms with Crippen molar-refractivity contribution in [3.05, 3.63) is 23.8 Å². The second-order valence-electron chi connectivity index (χ2n) is 5.33. The molecule has 0 radical (unpaired) electrons. The Morgan fingerprint density at radius 2 is 1.86 bits per heavy atom. The van der Waals surface area contributed by atoms with Crippen LogP contribution in [0.25, 0.3) is 0 Å². The molecule has 0 aliphatic rings. The second kappa shape index (κ2) is 9.27. The highest BCUT2D eigenvalue weighted by Crippen LogP contribution is 2.25. The van der Waals surface area contributed by atoms with E-state index in [2.05, 4.69) is 36.2 Å². The Kier molecular flexibility index (Phi) is 7.65. The fourth-order valence-electron chi connectivity index (χ4n) is 2.48. The topological polar surface area (TPSA) is 58.4 Å². The molecule has 0 aliphatic heterocycles. The zero-order chi connectivity index (χ0) is 15.7. The van der Waals surface area contributed by atoms with E-state index in [-0.39, 0.29) is 5.91 Å². The van der Waals surface area contributed by atoms with E-state index in [1.807, 2.05) is 13.0 Å². The number of aryl methyl sites for hydroxylation is 1. The lowest BCUT2D eigenvalue weighted by Crippen LogP contribution is -2.26. The Labute approximate surface area is 128 Å². The van der Waals surface area contributed by atoms with Crippen LogP contribution in [-0.4, -0.2) is 25.5 Å². The molecule has 118 valence electrons. The molecular formula is C17H29N3O. The third-order valence-electron chi connectivity index (χ3n) is 3.43. The van der Waals surface area contributed by atoms with Gasteiger partial charge in [-0.2, -0.15) is 0 Å². The van der Waals surface area contributed by atoms with E-state index >= 15 is 0 Å². The van der Waals surface area contributed by atoms with E-state index in [9.17, 15) is 4.79 Å². The molecule has 0 unspecified atom stereocenters. The molecule has 0 spiro atoms. The van der Waals surface area contributed by atoms with Gasteiger partial charge in [-0.3, -0.25) is 4.79 Å². The van der Waals surface area contributed by atoms with Crippen molar-refractivity contribution in [3.8, 4) is 0 Å². The summed E-state index contributed by atoms with van der Waals surface area (Å²) in [6, 6.07) is 6.18. The molecule has 4 nitrogen and oxygen atoms in total. The highest BCUT2D eigenvalue weighted by Gasteiger charge is 2.09. The van der Waals surface area contributed by atoms with Gasteiger partial charge in [-0.1, -0.05) is 19.9 Å². The predicted molar refractivity (Wildman–Crippen MR) is 90.7 cm³/mol. The van der Waals surface area contributed by atoms with Crippen molar-refractivity contribution in [1.82, 2.24) is 5.32 Å². The van der Waals surface area contributed by atoms with Crippen molar-refractivity contribution >= 4 is 17.3 Å². The number of benzene rings is 1. The number of rotatable bonds is 9. The molecule has 1 amide bonds. The Hall–Kier alpha value is -1.71. The van der Waals surface area contributed by atoms with Gasteiger partial charge in [-0.05, 0) is 43.9 Å². The fourth-order valence-corrected chi connectivity index (χ4v) is 2.48. The summed E-state index contributed by atoms with van der Waals surface area (Å²) in [4.78, 5) is 13.8. The number of carbonyl (C=O) groups is 1. The van der Waals surface area contributed by atoms with Crippen LogP contribution in [0.15, 0.2) is 18.2 Å². The van der Waals surface area contributed by atoms with Crippen LogP contribution in [0.4, 0.5) is 11.4 Å². The summed E-state index contributed by atoms with van der Waals surface area (Å²) < 4.78 is 0. The van der Waals surface area contributed by atoms with Gasteiger partial charge in [0, 0.05) is 26.1 Å². The molecule has 0 saturated carbocycles. The van der Waals surface area contributed by atoms with Crippen molar-refractivity contribution in [2.45, 2.75) is 46.5 Å². The van der Waals surface area contributed by atoms with Crippen LogP contribution >= 0.6 is 0 Å². The molecule has 3 N–H and O–H groups in total. The molecule has 1 aromatic rings. The third-order valence-corrected chi connectivity index (χ3v) is 3.43. The Morgan fingerprint density at radius 3 is 2.38 bits per heavy atom. The van der Waals surface area contributed by atoms with Gasteiger partial charge in [0.1, 0.15) is 0 Å². The molecule has 0 bridgehead atoms. The lowest BCUT2D eigenvalue weighted by atomic mass is 10.1. The van der Waals surface area contributed by atoms with E-state index < -0.39 is 0 Å². The molecule has 0 heterocycles. The molecule has 0 fully saturated rings. The zero-order valence-electron chi connectivity index (χ0n) is 13.6. The smallest absolute Gasteiger partial charge is 0.220 e. The number of carbonyl (C=O) groups excluding carboxylic acids is 1. The molecule has 0 atom stereocenters. The first-order valence-corrected chi connectivity index (χ1v) is 8.02. The first kappa shape index (κ1) is 17.3. The molecule has 21 heavy (non-hydrogen) atoms.